The highest BCUT2D eigenvalue weighted by molar-refractivity contribution is 5.78. The molecule has 230 valence electrons. The summed E-state index contributed by atoms with van der Waals surface area (Å²) >= 11 is 0. The quantitative estimate of drug-likeness (QED) is 0.0585. The fraction of sp³-hybridized carbons (Fsp3) is 0.714. The predicted molar refractivity (Wildman–Crippen MR) is 138 cm³/mol. The Labute approximate surface area is 232 Å². The normalized spacial score (nSPS) is 10.3. The third-order valence-corrected chi connectivity index (χ3v) is 5.10. The minimum atomic E-state index is -0.556. The van der Waals surface area contributed by atoms with Crippen molar-refractivity contribution in [3.63, 3.8) is 0 Å². The van der Waals surface area contributed by atoms with Gasteiger partial charge in [0.15, 0.2) is 0 Å². The Bertz CT molecular complexity index is 722. The third kappa shape index (κ3) is 19.2. The van der Waals surface area contributed by atoms with Crippen LogP contribution in [0.4, 0.5) is 14.4 Å². The van der Waals surface area contributed by atoms with Gasteiger partial charge in [0.05, 0.1) is 0 Å². The zero-order valence-corrected chi connectivity index (χ0v) is 23.1. The van der Waals surface area contributed by atoms with Crippen LogP contribution in [0.25, 0.3) is 0 Å². The largest absolute Gasteiger partial charge is 0.338 e. The summed E-state index contributed by atoms with van der Waals surface area (Å²) < 4.78 is 0. The highest BCUT2D eigenvalue weighted by Crippen LogP contribution is 1.89. The van der Waals surface area contributed by atoms with Crippen LogP contribution in [0.1, 0.15) is 19.3 Å². The molecule has 9 amide bonds. The molecule has 0 aliphatic rings. The molecule has 0 radical (unpaired) electrons. The summed E-state index contributed by atoms with van der Waals surface area (Å²) in [6.07, 6.45) is -0.239. The first kappa shape index (κ1) is 36.1. The van der Waals surface area contributed by atoms with Crippen LogP contribution in [-0.4, -0.2) is 152 Å². The lowest BCUT2D eigenvalue weighted by atomic mass is 10.4. The van der Waals surface area contributed by atoms with E-state index in [-0.39, 0.29) is 58.5 Å². The van der Waals surface area contributed by atoms with Gasteiger partial charge in [0, 0.05) is 99.3 Å². The van der Waals surface area contributed by atoms with Crippen LogP contribution in [0.3, 0.4) is 0 Å². The summed E-state index contributed by atoms with van der Waals surface area (Å²) in [6, 6.07) is -1.56. The van der Waals surface area contributed by atoms with Gasteiger partial charge in [0.2, 0.25) is 17.7 Å². The zero-order valence-electron chi connectivity index (χ0n) is 23.1. The number of hydrogen-bond donors (Lipinski definition) is 9. The van der Waals surface area contributed by atoms with Gasteiger partial charge in [-0.05, 0) is 0 Å². The Morgan fingerprint density at radius 3 is 0.900 bits per heavy atom. The van der Waals surface area contributed by atoms with Crippen LogP contribution in [-0.2, 0) is 14.4 Å². The Morgan fingerprint density at radius 2 is 0.675 bits per heavy atom. The van der Waals surface area contributed by atoms with E-state index in [0.29, 0.717) is 34.8 Å². The zero-order chi connectivity index (χ0) is 30.5. The summed E-state index contributed by atoms with van der Waals surface area (Å²) in [5.74, 6) is -1.67. The molecule has 0 aliphatic heterocycles. The summed E-state index contributed by atoms with van der Waals surface area (Å²) in [7, 11) is 3.55. The molecule has 0 rings (SSSR count). The molecule has 0 saturated heterocycles. The van der Waals surface area contributed by atoms with E-state index in [9.17, 15) is 28.8 Å². The number of amides is 9. The average Bonchev–Trinajstić information content (AvgIpc) is 2.87. The van der Waals surface area contributed by atoms with Gasteiger partial charge in [-0.25, -0.2) is 29.6 Å². The second-order valence-electron chi connectivity index (χ2n) is 8.39. The topological polar surface area (TPSA) is 248 Å². The van der Waals surface area contributed by atoms with Gasteiger partial charge in [0.25, 0.3) is 0 Å². The van der Waals surface area contributed by atoms with Crippen molar-refractivity contribution in [2.75, 3.05) is 80.0 Å². The van der Waals surface area contributed by atoms with Gasteiger partial charge in [-0.15, -0.1) is 0 Å². The maximum atomic E-state index is 11.9. The molecule has 0 aromatic rings. The molecule has 0 atom stereocenters. The minimum absolute atomic E-state index is 0.0255. The lowest BCUT2D eigenvalue weighted by Gasteiger charge is -2.23. The SMILES string of the molecule is CN(O)C(=O)CCNC(=O)NCCN(CCNC(=O)NCCC(=O)N(C)O)CCNC(=O)NCCC(=O)N(C)O. The molecule has 0 saturated carbocycles. The summed E-state index contributed by atoms with van der Waals surface area (Å²) in [4.78, 5) is 71.6. The van der Waals surface area contributed by atoms with Crippen LogP contribution in [0.15, 0.2) is 0 Å². The molecule has 40 heavy (non-hydrogen) atoms. The number of carbonyl (C=O) groups excluding carboxylic acids is 6. The average molecular weight is 579 g/mol. The molecule has 19 nitrogen and oxygen atoms in total. The van der Waals surface area contributed by atoms with Crippen molar-refractivity contribution in [2.24, 2.45) is 0 Å². The van der Waals surface area contributed by atoms with Crippen molar-refractivity contribution < 1.29 is 44.4 Å². The molecular formula is C21H42N10O9. The Kier molecular flexibility index (Phi) is 18.9. The molecule has 0 heterocycles. The molecule has 9 N–H and O–H groups in total. The van der Waals surface area contributed by atoms with E-state index in [0.717, 1.165) is 0 Å². The Hall–Kier alpha value is -3.94. The highest BCUT2D eigenvalue weighted by atomic mass is 16.5. The number of nitrogens with zero attached hydrogens (tertiary/aromatic N) is 4. The maximum absolute atomic E-state index is 11.9. The van der Waals surface area contributed by atoms with Crippen LogP contribution < -0.4 is 31.9 Å². The van der Waals surface area contributed by atoms with Crippen molar-refractivity contribution >= 4 is 35.8 Å². The summed E-state index contributed by atoms with van der Waals surface area (Å²) in [5.41, 5.74) is 0. The molecular weight excluding hydrogens is 536 g/mol. The van der Waals surface area contributed by atoms with Crippen LogP contribution >= 0.6 is 0 Å². The van der Waals surface area contributed by atoms with Gasteiger partial charge in [-0.2, -0.15) is 0 Å². The molecule has 19 heteroatoms. The van der Waals surface area contributed by atoms with Crippen molar-refractivity contribution in [2.45, 2.75) is 19.3 Å². The van der Waals surface area contributed by atoms with E-state index in [1.807, 2.05) is 4.90 Å². The molecule has 0 aromatic carbocycles. The standard InChI is InChI=1S/C21H42N10O9/c1-28(38)16(32)4-7-22-19(35)25-10-13-31(14-11-26-20(36)23-8-5-17(33)29(2)39)15-12-27-21(37)24-9-6-18(34)30(3)40/h38-40H,4-15H2,1-3H3,(H2,22,25,35)(H2,23,26,36)(H2,24,27,37). The van der Waals surface area contributed by atoms with E-state index in [1.54, 1.807) is 0 Å². The predicted octanol–water partition coefficient (Wildman–Crippen LogP) is -3.10. The minimum Gasteiger partial charge on any atom is -0.338 e. The van der Waals surface area contributed by atoms with Gasteiger partial charge >= 0.3 is 18.1 Å². The molecule has 0 spiro atoms. The number of carbonyl (C=O) groups is 6. The first-order valence-corrected chi connectivity index (χ1v) is 12.5. The number of hydrogen-bond acceptors (Lipinski definition) is 10. The van der Waals surface area contributed by atoms with Crippen LogP contribution in [0, 0.1) is 0 Å². The highest BCUT2D eigenvalue weighted by Gasteiger charge is 2.11. The van der Waals surface area contributed by atoms with Crippen molar-refractivity contribution in [3.8, 4) is 0 Å². The number of urea groups is 3. The molecule has 0 fully saturated rings. The van der Waals surface area contributed by atoms with E-state index in [4.69, 9.17) is 15.6 Å². The van der Waals surface area contributed by atoms with Crippen molar-refractivity contribution in [1.29, 1.82) is 0 Å². The van der Waals surface area contributed by atoms with Crippen LogP contribution in [0.5, 0.6) is 0 Å². The lowest BCUT2D eigenvalue weighted by Crippen LogP contribution is -2.47. The number of nitrogens with one attached hydrogen (secondary N) is 6. The van der Waals surface area contributed by atoms with E-state index >= 15 is 0 Å². The maximum Gasteiger partial charge on any atom is 0.314 e. The fourth-order valence-electron chi connectivity index (χ4n) is 2.84. The number of hydroxylamine groups is 6. The van der Waals surface area contributed by atoms with Crippen molar-refractivity contribution in [1.82, 2.24) is 52.0 Å². The van der Waals surface area contributed by atoms with Gasteiger partial charge in [0.1, 0.15) is 0 Å². The van der Waals surface area contributed by atoms with E-state index in [1.165, 1.54) is 21.1 Å². The third-order valence-electron chi connectivity index (χ3n) is 5.10. The van der Waals surface area contributed by atoms with Crippen molar-refractivity contribution in [3.05, 3.63) is 0 Å². The van der Waals surface area contributed by atoms with Crippen LogP contribution in [0.2, 0.25) is 0 Å². The smallest absolute Gasteiger partial charge is 0.314 e. The summed E-state index contributed by atoms with van der Waals surface area (Å²) in [6.45, 7) is 1.70. The fourth-order valence-corrected chi connectivity index (χ4v) is 2.84. The van der Waals surface area contributed by atoms with Gasteiger partial charge < -0.3 is 31.9 Å². The molecule has 0 unspecified atom stereocenters. The Morgan fingerprint density at radius 1 is 0.450 bits per heavy atom. The second kappa shape index (κ2) is 21.0. The molecule has 0 aromatic heterocycles. The second-order valence-corrected chi connectivity index (χ2v) is 8.39. The Balaban J connectivity index is 4.54. The first-order valence-electron chi connectivity index (χ1n) is 12.5. The molecule has 0 bridgehead atoms. The molecule has 0 aliphatic carbocycles. The first-order chi connectivity index (χ1) is 18.8. The van der Waals surface area contributed by atoms with E-state index in [2.05, 4.69) is 31.9 Å². The lowest BCUT2D eigenvalue weighted by molar-refractivity contribution is -0.159. The van der Waals surface area contributed by atoms with Gasteiger partial charge in [-0.3, -0.25) is 34.9 Å². The van der Waals surface area contributed by atoms with Gasteiger partial charge in [-0.1, -0.05) is 0 Å². The summed E-state index contributed by atoms with van der Waals surface area (Å²) in [5, 5.41) is 43.6. The number of rotatable bonds is 18. The van der Waals surface area contributed by atoms with E-state index < -0.39 is 35.8 Å². The monoisotopic (exact) mass is 578 g/mol.